The van der Waals surface area contributed by atoms with Crippen molar-refractivity contribution in [1.29, 1.82) is 0 Å². The molecular formula is C19H19N3O2S. The molecule has 0 bridgehead atoms. The van der Waals surface area contributed by atoms with Crippen LogP contribution in [0.4, 0.5) is 0 Å². The van der Waals surface area contributed by atoms with Crippen molar-refractivity contribution >= 4 is 28.4 Å². The summed E-state index contributed by atoms with van der Waals surface area (Å²) in [6.45, 7) is 2.31. The zero-order valence-corrected chi connectivity index (χ0v) is 14.8. The standard InChI is InChI=1S/C19H19N3O2S/c1-14-16-9-5-6-10-17(16)19(24)22(21-14)13-18(23)20-11-12-25-15-7-3-2-4-8-15/h2-10H,11-13H2,1H3,(H,20,23). The Morgan fingerprint density at radius 1 is 1.08 bits per heavy atom. The van der Waals surface area contributed by atoms with Gasteiger partial charge in [-0.2, -0.15) is 5.10 Å². The molecule has 128 valence electrons. The molecular weight excluding hydrogens is 334 g/mol. The highest BCUT2D eigenvalue weighted by atomic mass is 32.2. The lowest BCUT2D eigenvalue weighted by atomic mass is 10.1. The third-order valence-electron chi connectivity index (χ3n) is 3.78. The van der Waals surface area contributed by atoms with Gasteiger partial charge in [-0.15, -0.1) is 11.8 Å². The van der Waals surface area contributed by atoms with E-state index in [0.29, 0.717) is 11.9 Å². The Balaban J connectivity index is 1.59. The Kier molecular flexibility index (Phi) is 5.50. The van der Waals surface area contributed by atoms with Crippen LogP contribution in [0.1, 0.15) is 5.69 Å². The Bertz CT molecular complexity index is 938. The number of carbonyl (C=O) groups excluding carboxylic acids is 1. The van der Waals surface area contributed by atoms with Gasteiger partial charge in [-0.25, -0.2) is 4.68 Å². The summed E-state index contributed by atoms with van der Waals surface area (Å²) in [4.78, 5) is 25.7. The maximum Gasteiger partial charge on any atom is 0.275 e. The molecule has 5 nitrogen and oxygen atoms in total. The summed E-state index contributed by atoms with van der Waals surface area (Å²) < 4.78 is 1.23. The summed E-state index contributed by atoms with van der Waals surface area (Å²) in [5.74, 6) is 0.562. The molecule has 0 radical (unpaired) electrons. The smallest absolute Gasteiger partial charge is 0.275 e. The van der Waals surface area contributed by atoms with Gasteiger partial charge >= 0.3 is 0 Å². The van der Waals surface area contributed by atoms with Gasteiger partial charge in [0.15, 0.2) is 0 Å². The Labute approximate surface area is 150 Å². The Hall–Kier alpha value is -2.60. The number of aromatic nitrogens is 2. The van der Waals surface area contributed by atoms with E-state index in [9.17, 15) is 9.59 Å². The van der Waals surface area contributed by atoms with Gasteiger partial charge in [0.2, 0.25) is 5.91 Å². The lowest BCUT2D eigenvalue weighted by molar-refractivity contribution is -0.121. The molecule has 0 saturated heterocycles. The first-order valence-electron chi connectivity index (χ1n) is 8.06. The number of hydrogen-bond donors (Lipinski definition) is 1. The zero-order valence-electron chi connectivity index (χ0n) is 13.9. The maximum atomic E-state index is 12.4. The first-order chi connectivity index (χ1) is 12.1. The molecule has 2 aromatic carbocycles. The van der Waals surface area contributed by atoms with Crippen molar-refractivity contribution in [3.05, 3.63) is 70.6 Å². The molecule has 1 heterocycles. The van der Waals surface area contributed by atoms with Crippen molar-refractivity contribution in [2.45, 2.75) is 18.4 Å². The molecule has 1 N–H and O–H groups in total. The Morgan fingerprint density at radius 2 is 1.76 bits per heavy atom. The predicted molar refractivity (Wildman–Crippen MR) is 101 cm³/mol. The minimum absolute atomic E-state index is 0.0689. The summed E-state index contributed by atoms with van der Waals surface area (Å²) >= 11 is 1.68. The molecule has 0 fully saturated rings. The molecule has 0 spiro atoms. The molecule has 0 unspecified atom stereocenters. The maximum absolute atomic E-state index is 12.4. The highest BCUT2D eigenvalue weighted by molar-refractivity contribution is 7.99. The van der Waals surface area contributed by atoms with Gasteiger partial charge in [0.05, 0.1) is 11.1 Å². The van der Waals surface area contributed by atoms with Crippen molar-refractivity contribution in [2.24, 2.45) is 0 Å². The van der Waals surface area contributed by atoms with Crippen LogP contribution in [-0.2, 0) is 11.3 Å². The second-order valence-corrected chi connectivity index (χ2v) is 6.77. The number of nitrogens with zero attached hydrogens (tertiary/aromatic N) is 2. The summed E-state index contributed by atoms with van der Waals surface area (Å²) in [6.07, 6.45) is 0. The van der Waals surface area contributed by atoms with E-state index in [1.807, 2.05) is 55.5 Å². The average molecular weight is 353 g/mol. The molecule has 6 heteroatoms. The number of benzene rings is 2. The van der Waals surface area contributed by atoms with Crippen LogP contribution >= 0.6 is 11.8 Å². The quantitative estimate of drug-likeness (QED) is 0.546. The molecule has 0 aliphatic rings. The fourth-order valence-electron chi connectivity index (χ4n) is 2.58. The van der Waals surface area contributed by atoms with Crippen LogP contribution < -0.4 is 10.9 Å². The molecule has 0 saturated carbocycles. The molecule has 0 aliphatic heterocycles. The van der Waals surface area contributed by atoms with E-state index < -0.39 is 0 Å². The molecule has 0 aliphatic carbocycles. The fraction of sp³-hybridized carbons (Fsp3) is 0.211. The van der Waals surface area contributed by atoms with Crippen LogP contribution in [0.2, 0.25) is 0 Å². The van der Waals surface area contributed by atoms with Crippen molar-refractivity contribution < 1.29 is 4.79 Å². The van der Waals surface area contributed by atoms with E-state index in [4.69, 9.17) is 0 Å². The van der Waals surface area contributed by atoms with Crippen molar-refractivity contribution in [3.8, 4) is 0 Å². The van der Waals surface area contributed by atoms with Crippen molar-refractivity contribution in [2.75, 3.05) is 12.3 Å². The molecule has 3 aromatic rings. The number of thioether (sulfide) groups is 1. The van der Waals surface area contributed by atoms with Gasteiger partial charge in [0.25, 0.3) is 5.56 Å². The number of aryl methyl sites for hydroxylation is 1. The first kappa shape index (κ1) is 17.2. The van der Waals surface area contributed by atoms with Crippen molar-refractivity contribution in [3.63, 3.8) is 0 Å². The van der Waals surface area contributed by atoms with Gasteiger partial charge in [0, 0.05) is 22.6 Å². The normalized spacial score (nSPS) is 10.8. The Morgan fingerprint density at radius 3 is 2.52 bits per heavy atom. The number of carbonyl (C=O) groups is 1. The van der Waals surface area contributed by atoms with Gasteiger partial charge in [-0.3, -0.25) is 9.59 Å². The van der Waals surface area contributed by atoms with Crippen molar-refractivity contribution in [1.82, 2.24) is 15.1 Å². The number of amides is 1. The van der Waals surface area contributed by atoms with Crippen LogP contribution in [-0.4, -0.2) is 28.0 Å². The summed E-state index contributed by atoms with van der Waals surface area (Å²) in [5, 5.41) is 8.50. The monoisotopic (exact) mass is 353 g/mol. The van der Waals surface area contributed by atoms with Gasteiger partial charge in [0.1, 0.15) is 6.54 Å². The first-order valence-corrected chi connectivity index (χ1v) is 9.05. The topological polar surface area (TPSA) is 64.0 Å². The number of rotatable bonds is 6. The lowest BCUT2D eigenvalue weighted by Gasteiger charge is -2.09. The SMILES string of the molecule is Cc1nn(CC(=O)NCCSc2ccccc2)c(=O)c2ccccc12. The number of hydrogen-bond acceptors (Lipinski definition) is 4. The second kappa shape index (κ2) is 7.98. The molecule has 3 rings (SSSR count). The van der Waals surface area contributed by atoms with E-state index >= 15 is 0 Å². The van der Waals surface area contributed by atoms with Crippen LogP contribution in [0, 0.1) is 6.92 Å². The summed E-state index contributed by atoms with van der Waals surface area (Å²) in [6, 6.07) is 17.3. The third-order valence-corrected chi connectivity index (χ3v) is 4.80. The largest absolute Gasteiger partial charge is 0.354 e. The molecule has 0 atom stereocenters. The highest BCUT2D eigenvalue weighted by Crippen LogP contribution is 2.15. The average Bonchev–Trinajstić information content (AvgIpc) is 2.64. The van der Waals surface area contributed by atoms with E-state index in [2.05, 4.69) is 10.4 Å². The van der Waals surface area contributed by atoms with Gasteiger partial charge in [-0.1, -0.05) is 36.4 Å². The predicted octanol–water partition coefficient (Wildman–Crippen LogP) is 2.61. The van der Waals surface area contributed by atoms with E-state index in [1.165, 1.54) is 9.58 Å². The second-order valence-electron chi connectivity index (χ2n) is 5.61. The minimum Gasteiger partial charge on any atom is -0.354 e. The van der Waals surface area contributed by atoms with E-state index in [0.717, 1.165) is 16.8 Å². The fourth-order valence-corrected chi connectivity index (χ4v) is 3.37. The summed E-state index contributed by atoms with van der Waals surface area (Å²) in [7, 11) is 0. The molecule has 1 aromatic heterocycles. The van der Waals surface area contributed by atoms with Crippen LogP contribution in [0.15, 0.2) is 64.3 Å². The number of nitrogens with one attached hydrogen (secondary N) is 1. The van der Waals surface area contributed by atoms with E-state index in [1.54, 1.807) is 17.8 Å². The van der Waals surface area contributed by atoms with Crippen LogP contribution in [0.3, 0.4) is 0 Å². The third kappa shape index (κ3) is 4.28. The molecule has 25 heavy (non-hydrogen) atoms. The lowest BCUT2D eigenvalue weighted by Crippen LogP contribution is -2.35. The van der Waals surface area contributed by atoms with E-state index in [-0.39, 0.29) is 18.0 Å². The highest BCUT2D eigenvalue weighted by Gasteiger charge is 2.10. The minimum atomic E-state index is -0.241. The summed E-state index contributed by atoms with van der Waals surface area (Å²) in [5.41, 5.74) is 0.498. The van der Waals surface area contributed by atoms with Gasteiger partial charge in [-0.05, 0) is 25.1 Å². The van der Waals surface area contributed by atoms with Crippen LogP contribution in [0.25, 0.3) is 10.8 Å². The zero-order chi connectivity index (χ0) is 17.6. The van der Waals surface area contributed by atoms with Gasteiger partial charge < -0.3 is 5.32 Å². The van der Waals surface area contributed by atoms with Crippen LogP contribution in [0.5, 0.6) is 0 Å². The molecule has 1 amide bonds. The number of fused-ring (bicyclic) bond motifs is 1.